The van der Waals surface area contributed by atoms with Crippen LogP contribution in [0.2, 0.25) is 5.02 Å². The van der Waals surface area contributed by atoms with Crippen LogP contribution in [0.1, 0.15) is 59.5 Å². The minimum absolute atomic E-state index is 0.106. The third-order valence-electron chi connectivity index (χ3n) is 5.29. The molecule has 4 rings (SSSR count). The zero-order valence-electron chi connectivity index (χ0n) is 18.3. The molecule has 0 fully saturated rings. The van der Waals surface area contributed by atoms with Crippen LogP contribution in [0.25, 0.3) is 5.00 Å². The number of aromatic nitrogens is 3. The standard InChI is InChI=1S/C23H25ClN4O2S/c1-12(2)11-30-19(29)10-18-22-27-26-15(5)28(22)23-20(13(3)14(4)31-23)21(25-18)16-6-8-17(24)9-7-16/h6-9,12,18H,10-11H2,1-5H3. The second kappa shape index (κ2) is 8.55. The van der Waals surface area contributed by atoms with Crippen LogP contribution in [0.4, 0.5) is 0 Å². The van der Waals surface area contributed by atoms with Crippen LogP contribution in [0.15, 0.2) is 29.3 Å². The van der Waals surface area contributed by atoms with Gasteiger partial charge in [0.05, 0.1) is 18.7 Å². The summed E-state index contributed by atoms with van der Waals surface area (Å²) >= 11 is 7.82. The molecular formula is C23H25ClN4O2S. The normalized spacial score (nSPS) is 15.3. The van der Waals surface area contributed by atoms with Gasteiger partial charge in [-0.25, -0.2) is 0 Å². The van der Waals surface area contributed by atoms with Gasteiger partial charge in [0, 0.05) is 21.0 Å². The first kappa shape index (κ1) is 21.7. The first-order valence-corrected chi connectivity index (χ1v) is 11.5. The third-order valence-corrected chi connectivity index (χ3v) is 6.74. The monoisotopic (exact) mass is 456 g/mol. The Hall–Kier alpha value is -2.51. The lowest BCUT2D eigenvalue weighted by molar-refractivity contribution is -0.145. The van der Waals surface area contributed by atoms with Crippen LogP contribution in [0.5, 0.6) is 0 Å². The minimum atomic E-state index is -0.495. The lowest BCUT2D eigenvalue weighted by Crippen LogP contribution is -2.15. The molecule has 1 unspecified atom stereocenters. The van der Waals surface area contributed by atoms with E-state index in [1.54, 1.807) is 11.3 Å². The maximum Gasteiger partial charge on any atom is 0.308 e. The van der Waals surface area contributed by atoms with E-state index in [1.807, 2.05) is 49.6 Å². The molecule has 6 nitrogen and oxygen atoms in total. The number of esters is 1. The number of thiophene rings is 1. The summed E-state index contributed by atoms with van der Waals surface area (Å²) in [5.74, 6) is 1.41. The van der Waals surface area contributed by atoms with E-state index >= 15 is 0 Å². The highest BCUT2D eigenvalue weighted by Crippen LogP contribution is 2.39. The predicted octanol–water partition coefficient (Wildman–Crippen LogP) is 5.39. The van der Waals surface area contributed by atoms with Crippen LogP contribution >= 0.6 is 22.9 Å². The molecular weight excluding hydrogens is 432 g/mol. The molecule has 2 aromatic heterocycles. The molecule has 0 aliphatic carbocycles. The Kier molecular flexibility index (Phi) is 5.99. The number of carbonyl (C=O) groups is 1. The summed E-state index contributed by atoms with van der Waals surface area (Å²) in [6, 6.07) is 7.15. The molecule has 3 heterocycles. The second-order valence-corrected chi connectivity index (χ2v) is 9.83. The topological polar surface area (TPSA) is 69.4 Å². The Morgan fingerprint density at radius 3 is 2.58 bits per heavy atom. The number of rotatable bonds is 5. The zero-order chi connectivity index (χ0) is 22.3. The number of aliphatic imine (C=N–C) groups is 1. The number of hydrogen-bond donors (Lipinski definition) is 0. The van der Waals surface area contributed by atoms with E-state index in [1.165, 1.54) is 4.88 Å². The van der Waals surface area contributed by atoms with Crippen molar-refractivity contribution in [1.82, 2.24) is 14.8 Å². The molecule has 1 aliphatic rings. The van der Waals surface area contributed by atoms with Gasteiger partial charge in [0.25, 0.3) is 0 Å². The third kappa shape index (κ3) is 4.16. The fourth-order valence-corrected chi connectivity index (χ4v) is 4.95. The molecule has 0 radical (unpaired) electrons. The van der Waals surface area contributed by atoms with Crippen molar-refractivity contribution in [3.8, 4) is 5.00 Å². The first-order valence-electron chi connectivity index (χ1n) is 10.3. The molecule has 0 bridgehead atoms. The molecule has 0 saturated carbocycles. The van der Waals surface area contributed by atoms with Gasteiger partial charge in [-0.15, -0.1) is 21.5 Å². The highest BCUT2D eigenvalue weighted by molar-refractivity contribution is 7.15. The average Bonchev–Trinajstić information content (AvgIpc) is 3.19. The molecule has 0 amide bonds. The van der Waals surface area contributed by atoms with Gasteiger partial charge in [-0.3, -0.25) is 14.4 Å². The fraction of sp³-hybridized carbons (Fsp3) is 0.391. The van der Waals surface area contributed by atoms with Crippen molar-refractivity contribution < 1.29 is 9.53 Å². The Bertz CT molecular complexity index is 1160. The fourth-order valence-electron chi connectivity index (χ4n) is 3.61. The second-order valence-electron chi connectivity index (χ2n) is 8.19. The Morgan fingerprint density at radius 2 is 1.90 bits per heavy atom. The van der Waals surface area contributed by atoms with Gasteiger partial charge in [0.2, 0.25) is 0 Å². The van der Waals surface area contributed by atoms with E-state index < -0.39 is 6.04 Å². The number of hydrogen-bond acceptors (Lipinski definition) is 6. The number of nitrogens with zero attached hydrogens (tertiary/aromatic N) is 4. The van der Waals surface area contributed by atoms with E-state index in [2.05, 4.69) is 24.0 Å². The van der Waals surface area contributed by atoms with E-state index in [0.29, 0.717) is 17.5 Å². The van der Waals surface area contributed by atoms with Crippen molar-refractivity contribution in [1.29, 1.82) is 0 Å². The van der Waals surface area contributed by atoms with E-state index in [9.17, 15) is 4.79 Å². The van der Waals surface area contributed by atoms with Gasteiger partial charge in [0.15, 0.2) is 5.82 Å². The molecule has 8 heteroatoms. The number of carbonyl (C=O) groups excluding carboxylic acids is 1. The lowest BCUT2D eigenvalue weighted by atomic mass is 9.99. The van der Waals surface area contributed by atoms with Gasteiger partial charge < -0.3 is 4.74 Å². The maximum absolute atomic E-state index is 12.6. The van der Waals surface area contributed by atoms with Crippen molar-refractivity contribution in [2.24, 2.45) is 10.9 Å². The molecule has 162 valence electrons. The maximum atomic E-state index is 12.6. The lowest BCUT2D eigenvalue weighted by Gasteiger charge is -2.13. The largest absolute Gasteiger partial charge is 0.465 e. The SMILES string of the molecule is Cc1sc2c(c1C)C(c1ccc(Cl)cc1)=NC(CC(=O)OCC(C)C)c1nnc(C)n1-2. The summed E-state index contributed by atoms with van der Waals surface area (Å²) in [6.07, 6.45) is 0.106. The summed E-state index contributed by atoms with van der Waals surface area (Å²) in [4.78, 5) is 18.9. The van der Waals surface area contributed by atoms with Gasteiger partial charge in [-0.05, 0) is 44.4 Å². The molecule has 1 atom stereocenters. The van der Waals surface area contributed by atoms with Crippen molar-refractivity contribution in [2.75, 3.05) is 6.61 Å². The quantitative estimate of drug-likeness (QED) is 0.482. The van der Waals surface area contributed by atoms with E-state index in [4.69, 9.17) is 21.3 Å². The number of fused-ring (bicyclic) bond motifs is 3. The summed E-state index contributed by atoms with van der Waals surface area (Å²) in [6.45, 7) is 10.5. The first-order chi connectivity index (χ1) is 14.8. The number of ether oxygens (including phenoxy) is 1. The van der Waals surface area contributed by atoms with Crippen molar-refractivity contribution in [3.05, 3.63) is 62.5 Å². The number of benzene rings is 1. The van der Waals surface area contributed by atoms with Crippen molar-refractivity contribution in [2.45, 2.75) is 47.1 Å². The summed E-state index contributed by atoms with van der Waals surface area (Å²) in [7, 11) is 0. The summed E-state index contributed by atoms with van der Waals surface area (Å²) < 4.78 is 7.48. The summed E-state index contributed by atoms with van der Waals surface area (Å²) in [5, 5.41) is 10.4. The molecule has 0 N–H and O–H groups in total. The average molecular weight is 457 g/mol. The van der Waals surface area contributed by atoms with Crippen LogP contribution in [-0.2, 0) is 9.53 Å². The van der Waals surface area contributed by atoms with Gasteiger partial charge in [0.1, 0.15) is 16.9 Å². The Balaban J connectivity index is 1.87. The smallest absolute Gasteiger partial charge is 0.308 e. The summed E-state index contributed by atoms with van der Waals surface area (Å²) in [5.41, 5.74) is 3.99. The molecule has 0 saturated heterocycles. The van der Waals surface area contributed by atoms with Gasteiger partial charge in [-0.2, -0.15) is 0 Å². The van der Waals surface area contributed by atoms with Crippen LogP contribution in [0, 0.1) is 26.7 Å². The Labute approximate surface area is 190 Å². The molecule has 0 spiro atoms. The molecule has 31 heavy (non-hydrogen) atoms. The van der Waals surface area contributed by atoms with Crippen molar-refractivity contribution in [3.63, 3.8) is 0 Å². The molecule has 1 aliphatic heterocycles. The minimum Gasteiger partial charge on any atom is -0.465 e. The number of aryl methyl sites for hydroxylation is 2. The van der Waals surface area contributed by atoms with Gasteiger partial charge >= 0.3 is 5.97 Å². The highest BCUT2D eigenvalue weighted by Gasteiger charge is 2.32. The highest BCUT2D eigenvalue weighted by atomic mass is 35.5. The zero-order valence-corrected chi connectivity index (χ0v) is 19.8. The predicted molar refractivity (Wildman–Crippen MR) is 124 cm³/mol. The van der Waals surface area contributed by atoms with E-state index in [-0.39, 0.29) is 18.3 Å². The molecule has 1 aromatic carbocycles. The van der Waals surface area contributed by atoms with Crippen LogP contribution in [0.3, 0.4) is 0 Å². The molecule has 3 aromatic rings. The van der Waals surface area contributed by atoms with Crippen LogP contribution < -0.4 is 0 Å². The van der Waals surface area contributed by atoms with Crippen LogP contribution in [-0.4, -0.2) is 33.1 Å². The number of halogens is 1. The van der Waals surface area contributed by atoms with Crippen molar-refractivity contribution >= 4 is 34.6 Å². The van der Waals surface area contributed by atoms with E-state index in [0.717, 1.165) is 33.2 Å². The van der Waals surface area contributed by atoms with Gasteiger partial charge in [-0.1, -0.05) is 37.6 Å². The Morgan fingerprint density at radius 1 is 1.19 bits per heavy atom.